The van der Waals surface area contributed by atoms with Crippen LogP contribution in [0.1, 0.15) is 40.5 Å². The van der Waals surface area contributed by atoms with Crippen molar-refractivity contribution in [2.24, 2.45) is 5.92 Å². The van der Waals surface area contributed by atoms with Crippen LogP contribution in [0, 0.1) is 5.92 Å². The van der Waals surface area contributed by atoms with Crippen molar-refractivity contribution < 1.29 is 42.9 Å². The maximum absolute atomic E-state index is 12.8. The molecule has 3 rings (SSSR count). The summed E-state index contributed by atoms with van der Waals surface area (Å²) < 4.78 is 20.5. The van der Waals surface area contributed by atoms with Gasteiger partial charge in [-0.2, -0.15) is 0 Å². The Balaban J connectivity index is 1.49. The molecule has 12 nitrogen and oxygen atoms in total. The molecule has 2 aromatic rings. The number of ether oxygens (including phenoxy) is 4. The quantitative estimate of drug-likeness (QED) is 0.418. The molecule has 202 valence electrons. The molecule has 1 aliphatic rings. The highest BCUT2D eigenvalue weighted by atomic mass is 16.5. The maximum Gasteiger partial charge on any atom is 0.338 e. The SMILES string of the molecule is CCCOC(=O)c1ccc(NC(=O)COC(=O)[C@@H]2CC(=O)N(NC(=O)c3c(OC)cccc3OC)C2)cc1. The van der Waals surface area contributed by atoms with Gasteiger partial charge in [-0.3, -0.25) is 29.6 Å². The molecule has 0 aliphatic carbocycles. The summed E-state index contributed by atoms with van der Waals surface area (Å²) in [6.45, 7) is 1.50. The Bertz CT molecular complexity index is 1170. The molecule has 0 aromatic heterocycles. The van der Waals surface area contributed by atoms with E-state index in [1.54, 1.807) is 18.2 Å². The average molecular weight is 528 g/mol. The van der Waals surface area contributed by atoms with E-state index >= 15 is 0 Å². The highest BCUT2D eigenvalue weighted by molar-refractivity contribution is 6.01. The van der Waals surface area contributed by atoms with Gasteiger partial charge in [-0.1, -0.05) is 13.0 Å². The minimum atomic E-state index is -0.872. The van der Waals surface area contributed by atoms with Crippen LogP contribution in [0.15, 0.2) is 42.5 Å². The third kappa shape index (κ3) is 6.99. The first kappa shape index (κ1) is 28.0. The fraction of sp³-hybridized carbons (Fsp3) is 0.346. The van der Waals surface area contributed by atoms with Gasteiger partial charge in [0.05, 0.1) is 38.9 Å². The first-order chi connectivity index (χ1) is 18.3. The Morgan fingerprint density at radius 3 is 2.24 bits per heavy atom. The summed E-state index contributed by atoms with van der Waals surface area (Å²) in [7, 11) is 2.79. The smallest absolute Gasteiger partial charge is 0.338 e. The number of hydrogen-bond donors (Lipinski definition) is 2. The lowest BCUT2D eigenvalue weighted by Gasteiger charge is -2.19. The molecule has 1 saturated heterocycles. The monoisotopic (exact) mass is 527 g/mol. The summed E-state index contributed by atoms with van der Waals surface area (Å²) >= 11 is 0. The zero-order valence-electron chi connectivity index (χ0n) is 21.3. The van der Waals surface area contributed by atoms with Crippen molar-refractivity contribution in [1.29, 1.82) is 0 Å². The Morgan fingerprint density at radius 2 is 1.63 bits per heavy atom. The second-order valence-corrected chi connectivity index (χ2v) is 8.25. The van der Waals surface area contributed by atoms with E-state index in [-0.39, 0.29) is 30.0 Å². The molecule has 2 aromatic carbocycles. The number of amides is 3. The van der Waals surface area contributed by atoms with Gasteiger partial charge in [0.25, 0.3) is 11.8 Å². The Morgan fingerprint density at radius 1 is 0.974 bits per heavy atom. The number of rotatable bonds is 11. The van der Waals surface area contributed by atoms with Crippen LogP contribution >= 0.6 is 0 Å². The fourth-order valence-electron chi connectivity index (χ4n) is 3.65. The van der Waals surface area contributed by atoms with Crippen molar-refractivity contribution in [2.75, 3.05) is 39.3 Å². The molecule has 0 spiro atoms. The summed E-state index contributed by atoms with van der Waals surface area (Å²) in [5.74, 6) is -3.32. The molecule has 0 radical (unpaired) electrons. The first-order valence-corrected chi connectivity index (χ1v) is 11.8. The van der Waals surface area contributed by atoms with Crippen LogP contribution in [0.5, 0.6) is 11.5 Å². The fourth-order valence-corrected chi connectivity index (χ4v) is 3.65. The van der Waals surface area contributed by atoms with Crippen LogP contribution in [0.25, 0.3) is 0 Å². The lowest BCUT2D eigenvalue weighted by atomic mass is 10.1. The van der Waals surface area contributed by atoms with Crippen LogP contribution in [-0.4, -0.2) is 68.6 Å². The van der Waals surface area contributed by atoms with E-state index in [0.29, 0.717) is 24.3 Å². The molecular weight excluding hydrogens is 498 g/mol. The Labute approximate surface area is 219 Å². The van der Waals surface area contributed by atoms with Crippen molar-refractivity contribution >= 4 is 35.3 Å². The van der Waals surface area contributed by atoms with Crippen molar-refractivity contribution in [3.63, 3.8) is 0 Å². The van der Waals surface area contributed by atoms with Gasteiger partial charge in [-0.05, 0) is 42.8 Å². The summed E-state index contributed by atoms with van der Waals surface area (Å²) in [4.78, 5) is 61.7. The second-order valence-electron chi connectivity index (χ2n) is 8.25. The third-order valence-corrected chi connectivity index (χ3v) is 5.54. The van der Waals surface area contributed by atoms with Gasteiger partial charge in [0.2, 0.25) is 5.91 Å². The zero-order chi connectivity index (χ0) is 27.7. The van der Waals surface area contributed by atoms with Crippen LogP contribution in [-0.2, 0) is 23.9 Å². The molecule has 0 unspecified atom stereocenters. The number of methoxy groups -OCH3 is 2. The molecule has 2 N–H and O–H groups in total. The summed E-state index contributed by atoms with van der Waals surface area (Å²) in [6, 6.07) is 10.9. The van der Waals surface area contributed by atoms with E-state index in [1.807, 2.05) is 6.92 Å². The molecule has 0 saturated carbocycles. The number of nitrogens with zero attached hydrogens (tertiary/aromatic N) is 1. The van der Waals surface area contributed by atoms with E-state index in [1.165, 1.54) is 38.5 Å². The molecule has 0 bridgehead atoms. The van der Waals surface area contributed by atoms with E-state index in [0.717, 1.165) is 5.01 Å². The van der Waals surface area contributed by atoms with Crippen molar-refractivity contribution in [3.05, 3.63) is 53.6 Å². The largest absolute Gasteiger partial charge is 0.496 e. The first-order valence-electron chi connectivity index (χ1n) is 11.8. The normalized spacial score (nSPS) is 14.4. The molecule has 3 amide bonds. The van der Waals surface area contributed by atoms with Gasteiger partial charge in [-0.25, -0.2) is 4.79 Å². The van der Waals surface area contributed by atoms with E-state index in [9.17, 15) is 24.0 Å². The highest BCUT2D eigenvalue weighted by Gasteiger charge is 2.37. The minimum absolute atomic E-state index is 0.0962. The van der Waals surface area contributed by atoms with Gasteiger partial charge in [0, 0.05) is 12.1 Å². The van der Waals surface area contributed by atoms with Crippen LogP contribution in [0.3, 0.4) is 0 Å². The molecular formula is C26H29N3O9. The topological polar surface area (TPSA) is 150 Å². The minimum Gasteiger partial charge on any atom is -0.496 e. The maximum atomic E-state index is 12.8. The van der Waals surface area contributed by atoms with E-state index < -0.39 is 42.2 Å². The molecule has 38 heavy (non-hydrogen) atoms. The average Bonchev–Trinajstić information content (AvgIpc) is 3.29. The lowest BCUT2D eigenvalue weighted by molar-refractivity contribution is -0.151. The Hall–Kier alpha value is -4.61. The lowest BCUT2D eigenvalue weighted by Crippen LogP contribution is -2.43. The Kier molecular flexibility index (Phi) is 9.63. The predicted octanol–water partition coefficient (Wildman–Crippen LogP) is 1.95. The van der Waals surface area contributed by atoms with Gasteiger partial charge in [0.1, 0.15) is 17.1 Å². The molecule has 1 aliphatic heterocycles. The number of nitrogens with one attached hydrogen (secondary N) is 2. The van der Waals surface area contributed by atoms with Crippen molar-refractivity contribution in [1.82, 2.24) is 10.4 Å². The van der Waals surface area contributed by atoms with Crippen LogP contribution in [0.2, 0.25) is 0 Å². The van der Waals surface area contributed by atoms with E-state index in [2.05, 4.69) is 10.7 Å². The van der Waals surface area contributed by atoms with Crippen LogP contribution in [0.4, 0.5) is 5.69 Å². The number of carbonyl (C=O) groups excluding carboxylic acids is 5. The molecule has 1 atom stereocenters. The second kappa shape index (κ2) is 13.1. The number of esters is 2. The standard InChI is InChI=1S/C26H29N3O9/c1-4-12-37-25(33)16-8-10-18(11-9-16)27-21(30)15-38-26(34)17-13-22(31)29(14-17)28-24(32)23-19(35-2)6-5-7-20(23)36-3/h5-11,17H,4,12-15H2,1-3H3,(H,27,30)(H,28,32)/t17-/m1/s1. The number of benzene rings is 2. The van der Waals surface area contributed by atoms with Crippen molar-refractivity contribution in [2.45, 2.75) is 19.8 Å². The van der Waals surface area contributed by atoms with Gasteiger partial charge < -0.3 is 24.3 Å². The highest BCUT2D eigenvalue weighted by Crippen LogP contribution is 2.28. The van der Waals surface area contributed by atoms with Gasteiger partial charge in [0.15, 0.2) is 6.61 Å². The number of hydrazine groups is 1. The van der Waals surface area contributed by atoms with Gasteiger partial charge >= 0.3 is 11.9 Å². The van der Waals surface area contributed by atoms with Crippen LogP contribution < -0.4 is 20.2 Å². The number of hydrogen-bond acceptors (Lipinski definition) is 9. The summed E-state index contributed by atoms with van der Waals surface area (Å²) in [5.41, 5.74) is 3.30. The zero-order valence-corrected chi connectivity index (χ0v) is 21.3. The molecule has 1 heterocycles. The number of carbonyl (C=O) groups is 5. The molecule has 1 fully saturated rings. The summed E-state index contributed by atoms with van der Waals surface area (Å²) in [6.07, 6.45) is 0.512. The van der Waals surface area contributed by atoms with E-state index in [4.69, 9.17) is 18.9 Å². The predicted molar refractivity (Wildman–Crippen MR) is 133 cm³/mol. The molecule has 12 heteroatoms. The number of anilines is 1. The van der Waals surface area contributed by atoms with Crippen molar-refractivity contribution in [3.8, 4) is 11.5 Å². The van der Waals surface area contributed by atoms with Gasteiger partial charge in [-0.15, -0.1) is 0 Å². The third-order valence-electron chi connectivity index (χ3n) is 5.54. The summed E-state index contributed by atoms with van der Waals surface area (Å²) in [5, 5.41) is 3.58.